The molecule has 0 heterocycles. The Labute approximate surface area is 124 Å². The molecule has 0 aliphatic heterocycles. The lowest BCUT2D eigenvalue weighted by Gasteiger charge is -2.15. The molecular formula is C17H20FNO2. The van der Waals surface area contributed by atoms with E-state index in [1.54, 1.807) is 18.2 Å². The maximum Gasteiger partial charge on any atom is 0.169 e. The summed E-state index contributed by atoms with van der Waals surface area (Å²) < 4.78 is 25.4. The summed E-state index contributed by atoms with van der Waals surface area (Å²) in [6, 6.07) is 12.0. The van der Waals surface area contributed by atoms with Crippen molar-refractivity contribution >= 4 is 0 Å². The Morgan fingerprint density at radius 3 is 2.48 bits per heavy atom. The molecule has 0 bridgehead atoms. The highest BCUT2D eigenvalue weighted by atomic mass is 19.1. The molecule has 0 aliphatic carbocycles. The fraction of sp³-hybridized carbons (Fsp3) is 0.294. The van der Waals surface area contributed by atoms with Crippen LogP contribution in [0.4, 0.5) is 4.39 Å². The fourth-order valence-electron chi connectivity index (χ4n) is 2.09. The Bertz CT molecular complexity index is 599. The summed E-state index contributed by atoms with van der Waals surface area (Å²) in [5.41, 5.74) is 6.56. The van der Waals surface area contributed by atoms with Gasteiger partial charge in [0, 0.05) is 6.04 Å². The minimum absolute atomic E-state index is 0.0729. The van der Waals surface area contributed by atoms with Crippen molar-refractivity contribution in [1.82, 2.24) is 0 Å². The number of hydrogen-bond acceptors (Lipinski definition) is 3. The Kier molecular flexibility index (Phi) is 5.17. The minimum Gasteiger partial charge on any atom is -0.490 e. The molecule has 4 heteroatoms. The first-order valence-electron chi connectivity index (χ1n) is 7.04. The molecule has 2 aromatic carbocycles. The van der Waals surface area contributed by atoms with E-state index >= 15 is 0 Å². The molecule has 0 amide bonds. The average Bonchev–Trinajstić information content (AvgIpc) is 2.44. The number of nitrogens with two attached hydrogens (primary N) is 1. The highest BCUT2D eigenvalue weighted by Crippen LogP contribution is 2.34. The third-order valence-corrected chi connectivity index (χ3v) is 2.95. The molecule has 21 heavy (non-hydrogen) atoms. The van der Waals surface area contributed by atoms with E-state index in [1.165, 1.54) is 6.07 Å². The molecule has 1 unspecified atom stereocenters. The van der Waals surface area contributed by atoms with Gasteiger partial charge in [-0.1, -0.05) is 24.3 Å². The maximum absolute atomic E-state index is 14.1. The lowest BCUT2D eigenvalue weighted by atomic mass is 10.1. The van der Waals surface area contributed by atoms with E-state index in [2.05, 4.69) is 0 Å². The number of hydrogen-bond donors (Lipinski definition) is 1. The van der Waals surface area contributed by atoms with Crippen molar-refractivity contribution in [2.45, 2.75) is 26.3 Å². The summed E-state index contributed by atoms with van der Waals surface area (Å²) in [5, 5.41) is 0. The van der Waals surface area contributed by atoms with Gasteiger partial charge in [-0.15, -0.1) is 0 Å². The van der Waals surface area contributed by atoms with Gasteiger partial charge in [-0.25, -0.2) is 4.39 Å². The van der Waals surface area contributed by atoms with Crippen LogP contribution in [0.1, 0.15) is 19.4 Å². The monoisotopic (exact) mass is 289 g/mol. The zero-order valence-electron chi connectivity index (χ0n) is 12.3. The van der Waals surface area contributed by atoms with Gasteiger partial charge in [0.25, 0.3) is 0 Å². The number of ether oxygens (including phenoxy) is 2. The van der Waals surface area contributed by atoms with Gasteiger partial charge in [0.05, 0.1) is 6.61 Å². The highest BCUT2D eigenvalue weighted by molar-refractivity contribution is 5.45. The number of halogens is 1. The van der Waals surface area contributed by atoms with Crippen LogP contribution in [-0.2, 0) is 6.42 Å². The molecule has 3 nitrogen and oxygen atoms in total. The second-order valence-corrected chi connectivity index (χ2v) is 4.89. The van der Waals surface area contributed by atoms with Gasteiger partial charge >= 0.3 is 0 Å². The van der Waals surface area contributed by atoms with Crippen LogP contribution in [0.2, 0.25) is 0 Å². The predicted octanol–water partition coefficient (Wildman–Crippen LogP) is 3.91. The Hall–Kier alpha value is -2.07. The molecule has 0 aromatic heterocycles. The summed E-state index contributed by atoms with van der Waals surface area (Å²) in [7, 11) is 0. The van der Waals surface area contributed by atoms with E-state index in [-0.39, 0.29) is 11.8 Å². The number of rotatable bonds is 6. The molecule has 2 aromatic rings. The van der Waals surface area contributed by atoms with E-state index in [0.717, 1.165) is 5.56 Å². The summed E-state index contributed by atoms with van der Waals surface area (Å²) in [5.74, 6) is 0.895. The van der Waals surface area contributed by atoms with Crippen molar-refractivity contribution in [3.05, 3.63) is 53.8 Å². The number of benzene rings is 2. The van der Waals surface area contributed by atoms with Gasteiger partial charge < -0.3 is 15.2 Å². The van der Waals surface area contributed by atoms with Crippen LogP contribution in [0.25, 0.3) is 0 Å². The molecule has 2 N–H and O–H groups in total. The van der Waals surface area contributed by atoms with Crippen molar-refractivity contribution in [1.29, 1.82) is 0 Å². The van der Waals surface area contributed by atoms with Crippen molar-refractivity contribution in [2.24, 2.45) is 5.73 Å². The van der Waals surface area contributed by atoms with Crippen LogP contribution < -0.4 is 15.2 Å². The largest absolute Gasteiger partial charge is 0.490 e. The standard InChI is InChI=1S/C17H20FNO2/c1-3-20-15-9-4-5-10-16(15)21-17-13(11-12(2)19)7-6-8-14(17)18/h4-10,12H,3,11,19H2,1-2H3. The lowest BCUT2D eigenvalue weighted by Crippen LogP contribution is -2.18. The normalized spacial score (nSPS) is 12.0. The zero-order valence-corrected chi connectivity index (χ0v) is 12.3. The first-order valence-corrected chi connectivity index (χ1v) is 7.04. The van der Waals surface area contributed by atoms with Gasteiger partial charge in [-0.2, -0.15) is 0 Å². The van der Waals surface area contributed by atoms with E-state index in [9.17, 15) is 4.39 Å². The molecule has 0 spiro atoms. The Morgan fingerprint density at radius 2 is 1.81 bits per heavy atom. The maximum atomic E-state index is 14.1. The average molecular weight is 289 g/mol. The van der Waals surface area contributed by atoms with Crippen LogP contribution in [-0.4, -0.2) is 12.6 Å². The van der Waals surface area contributed by atoms with E-state index in [1.807, 2.05) is 32.0 Å². The first kappa shape index (κ1) is 15.3. The number of para-hydroxylation sites is 3. The molecule has 0 saturated carbocycles. The second-order valence-electron chi connectivity index (χ2n) is 4.89. The first-order chi connectivity index (χ1) is 10.1. The highest BCUT2D eigenvalue weighted by Gasteiger charge is 2.14. The van der Waals surface area contributed by atoms with Gasteiger partial charge in [-0.3, -0.25) is 0 Å². The van der Waals surface area contributed by atoms with Crippen molar-refractivity contribution < 1.29 is 13.9 Å². The van der Waals surface area contributed by atoms with Gasteiger partial charge in [-0.05, 0) is 44.0 Å². The lowest BCUT2D eigenvalue weighted by molar-refractivity contribution is 0.318. The fourth-order valence-corrected chi connectivity index (χ4v) is 2.09. The van der Waals surface area contributed by atoms with Crippen molar-refractivity contribution in [2.75, 3.05) is 6.61 Å². The molecule has 0 aliphatic rings. The molecule has 2 rings (SSSR count). The Morgan fingerprint density at radius 1 is 1.10 bits per heavy atom. The molecule has 0 radical (unpaired) electrons. The SMILES string of the molecule is CCOc1ccccc1Oc1c(F)cccc1CC(C)N. The second kappa shape index (κ2) is 7.09. The summed E-state index contributed by atoms with van der Waals surface area (Å²) in [6.07, 6.45) is 0.546. The molecule has 1 atom stereocenters. The van der Waals surface area contributed by atoms with Gasteiger partial charge in [0.2, 0.25) is 0 Å². The van der Waals surface area contributed by atoms with Crippen LogP contribution in [0.15, 0.2) is 42.5 Å². The molecule has 0 fully saturated rings. The zero-order chi connectivity index (χ0) is 15.2. The molecule has 112 valence electrons. The van der Waals surface area contributed by atoms with E-state index in [0.29, 0.717) is 24.5 Å². The van der Waals surface area contributed by atoms with Crippen molar-refractivity contribution in [3.63, 3.8) is 0 Å². The minimum atomic E-state index is -0.403. The summed E-state index contributed by atoms with van der Waals surface area (Å²) in [6.45, 7) is 4.29. The summed E-state index contributed by atoms with van der Waals surface area (Å²) >= 11 is 0. The van der Waals surface area contributed by atoms with Gasteiger partial charge in [0.1, 0.15) is 0 Å². The third-order valence-electron chi connectivity index (χ3n) is 2.95. The predicted molar refractivity (Wildman–Crippen MR) is 81.4 cm³/mol. The quantitative estimate of drug-likeness (QED) is 0.877. The topological polar surface area (TPSA) is 44.5 Å². The van der Waals surface area contributed by atoms with E-state index < -0.39 is 5.82 Å². The van der Waals surface area contributed by atoms with Crippen LogP contribution in [0.3, 0.4) is 0 Å². The smallest absolute Gasteiger partial charge is 0.169 e. The van der Waals surface area contributed by atoms with E-state index in [4.69, 9.17) is 15.2 Å². The third kappa shape index (κ3) is 3.95. The molecule has 0 saturated heterocycles. The molecular weight excluding hydrogens is 269 g/mol. The Balaban J connectivity index is 2.35. The van der Waals surface area contributed by atoms with Crippen LogP contribution in [0, 0.1) is 5.82 Å². The van der Waals surface area contributed by atoms with Crippen LogP contribution >= 0.6 is 0 Å². The van der Waals surface area contributed by atoms with Gasteiger partial charge in [0.15, 0.2) is 23.1 Å². The van der Waals surface area contributed by atoms with Crippen molar-refractivity contribution in [3.8, 4) is 17.2 Å². The van der Waals surface area contributed by atoms with Crippen LogP contribution in [0.5, 0.6) is 17.2 Å². The summed E-state index contributed by atoms with van der Waals surface area (Å²) in [4.78, 5) is 0.